The van der Waals surface area contributed by atoms with Gasteiger partial charge in [0.2, 0.25) is 0 Å². The Hall–Kier alpha value is -1.65. The van der Waals surface area contributed by atoms with E-state index in [0.717, 1.165) is 12.2 Å². The molecule has 0 aliphatic heterocycles. The van der Waals surface area contributed by atoms with Crippen molar-refractivity contribution in [3.63, 3.8) is 0 Å². The molecular weight excluding hydrogens is 250 g/mol. The van der Waals surface area contributed by atoms with Crippen molar-refractivity contribution in [1.82, 2.24) is 14.9 Å². The second-order valence-electron chi connectivity index (χ2n) is 5.99. The smallest absolute Gasteiger partial charge is 0.0991 e. The van der Waals surface area contributed by atoms with E-state index in [1.165, 1.54) is 5.56 Å². The Balaban J connectivity index is 1.99. The van der Waals surface area contributed by atoms with E-state index in [-0.39, 0.29) is 18.1 Å². The summed E-state index contributed by atoms with van der Waals surface area (Å²) in [6, 6.07) is 8.69. The summed E-state index contributed by atoms with van der Waals surface area (Å²) in [5, 5.41) is 12.7. The predicted molar refractivity (Wildman–Crippen MR) is 80.8 cm³/mol. The van der Waals surface area contributed by atoms with Gasteiger partial charge in [0.15, 0.2) is 0 Å². The highest BCUT2D eigenvalue weighted by Gasteiger charge is 2.17. The normalized spacial score (nSPS) is 13.4. The lowest BCUT2D eigenvalue weighted by Crippen LogP contribution is -2.33. The molecule has 0 saturated heterocycles. The fourth-order valence-corrected chi connectivity index (χ4v) is 1.95. The van der Waals surface area contributed by atoms with Crippen LogP contribution in [0, 0.1) is 5.41 Å². The Labute approximate surface area is 120 Å². The lowest BCUT2D eigenvalue weighted by Gasteiger charge is -2.25. The number of hydrogen-bond acceptors (Lipinski definition) is 3. The Morgan fingerprint density at radius 2 is 2.00 bits per heavy atom. The third-order valence-corrected chi connectivity index (χ3v) is 3.51. The van der Waals surface area contributed by atoms with Crippen LogP contribution < -0.4 is 5.32 Å². The third kappa shape index (κ3) is 3.68. The van der Waals surface area contributed by atoms with Gasteiger partial charge < -0.3 is 15.0 Å². The van der Waals surface area contributed by atoms with Crippen LogP contribution in [-0.2, 0) is 0 Å². The lowest BCUT2D eigenvalue weighted by atomic mass is 9.94. The molecular formula is C16H23N3O. The van der Waals surface area contributed by atoms with Gasteiger partial charge in [0.25, 0.3) is 0 Å². The molecule has 0 saturated carbocycles. The zero-order chi connectivity index (χ0) is 14.6. The highest BCUT2D eigenvalue weighted by molar-refractivity contribution is 5.35. The molecule has 0 spiro atoms. The van der Waals surface area contributed by atoms with Crippen molar-refractivity contribution in [2.24, 2.45) is 5.41 Å². The molecule has 20 heavy (non-hydrogen) atoms. The zero-order valence-corrected chi connectivity index (χ0v) is 12.4. The van der Waals surface area contributed by atoms with Crippen LogP contribution in [0.2, 0.25) is 0 Å². The minimum absolute atomic E-state index is 0.0923. The van der Waals surface area contributed by atoms with Gasteiger partial charge in [-0.05, 0) is 24.6 Å². The zero-order valence-electron chi connectivity index (χ0n) is 12.4. The Bertz CT molecular complexity index is 517. The van der Waals surface area contributed by atoms with Crippen molar-refractivity contribution >= 4 is 0 Å². The summed E-state index contributed by atoms with van der Waals surface area (Å²) in [7, 11) is 0. The van der Waals surface area contributed by atoms with E-state index in [4.69, 9.17) is 0 Å². The molecule has 0 aliphatic rings. The van der Waals surface area contributed by atoms with Gasteiger partial charge in [-0.15, -0.1) is 0 Å². The number of aliphatic hydroxyl groups excluding tert-OH is 1. The fraction of sp³-hybridized carbons (Fsp3) is 0.438. The van der Waals surface area contributed by atoms with Crippen molar-refractivity contribution in [2.75, 3.05) is 13.2 Å². The third-order valence-electron chi connectivity index (χ3n) is 3.51. The van der Waals surface area contributed by atoms with E-state index in [0.29, 0.717) is 0 Å². The molecule has 2 rings (SSSR count). The largest absolute Gasteiger partial charge is 0.396 e. The maximum Gasteiger partial charge on any atom is 0.0991 e. The van der Waals surface area contributed by atoms with E-state index in [9.17, 15) is 5.11 Å². The molecule has 0 fully saturated rings. The summed E-state index contributed by atoms with van der Waals surface area (Å²) < 4.78 is 1.98. The molecule has 1 unspecified atom stereocenters. The number of aliphatic hydroxyl groups is 1. The molecule has 0 bridgehead atoms. The minimum atomic E-state index is -0.0923. The quantitative estimate of drug-likeness (QED) is 0.850. The van der Waals surface area contributed by atoms with Gasteiger partial charge in [-0.25, -0.2) is 4.98 Å². The first-order chi connectivity index (χ1) is 9.52. The topological polar surface area (TPSA) is 50.1 Å². The van der Waals surface area contributed by atoms with Gasteiger partial charge in [0.05, 0.1) is 6.33 Å². The molecule has 1 heterocycles. The first-order valence-electron chi connectivity index (χ1n) is 6.94. The van der Waals surface area contributed by atoms with Crippen LogP contribution >= 0.6 is 0 Å². The van der Waals surface area contributed by atoms with Gasteiger partial charge in [-0.3, -0.25) is 0 Å². The van der Waals surface area contributed by atoms with Crippen LogP contribution in [0.5, 0.6) is 0 Å². The molecule has 1 aromatic heterocycles. The average Bonchev–Trinajstić information content (AvgIpc) is 2.99. The van der Waals surface area contributed by atoms with Crippen LogP contribution in [-0.4, -0.2) is 27.8 Å². The van der Waals surface area contributed by atoms with E-state index >= 15 is 0 Å². The molecule has 2 N–H and O–H groups in total. The van der Waals surface area contributed by atoms with Gasteiger partial charge >= 0.3 is 0 Å². The molecule has 0 radical (unpaired) electrons. The number of rotatable bonds is 6. The second kappa shape index (κ2) is 6.20. The van der Waals surface area contributed by atoms with Crippen molar-refractivity contribution in [3.05, 3.63) is 48.5 Å². The molecule has 1 aromatic carbocycles. The van der Waals surface area contributed by atoms with E-state index in [1.807, 2.05) is 10.8 Å². The molecule has 1 atom stereocenters. The van der Waals surface area contributed by atoms with Crippen LogP contribution in [0.4, 0.5) is 0 Å². The average molecular weight is 273 g/mol. The molecule has 108 valence electrons. The predicted octanol–water partition coefficient (Wildman–Crippen LogP) is 2.54. The number of imidazole rings is 1. The summed E-state index contributed by atoms with van der Waals surface area (Å²) in [6.45, 7) is 7.21. The number of nitrogens with one attached hydrogen (secondary N) is 1. The van der Waals surface area contributed by atoms with Crippen LogP contribution in [0.15, 0.2) is 43.0 Å². The molecule has 4 nitrogen and oxygen atoms in total. The molecule has 0 aliphatic carbocycles. The van der Waals surface area contributed by atoms with Crippen molar-refractivity contribution in [3.8, 4) is 5.69 Å². The summed E-state index contributed by atoms with van der Waals surface area (Å²) in [6.07, 6.45) is 5.50. The van der Waals surface area contributed by atoms with Gasteiger partial charge in [0.1, 0.15) is 0 Å². The van der Waals surface area contributed by atoms with E-state index in [1.54, 1.807) is 12.5 Å². The first-order valence-corrected chi connectivity index (χ1v) is 6.94. The van der Waals surface area contributed by atoms with Crippen molar-refractivity contribution in [1.29, 1.82) is 0 Å². The minimum Gasteiger partial charge on any atom is -0.396 e. The molecule has 4 heteroatoms. The van der Waals surface area contributed by atoms with E-state index in [2.05, 4.69) is 55.3 Å². The van der Waals surface area contributed by atoms with Crippen molar-refractivity contribution in [2.45, 2.75) is 26.8 Å². The van der Waals surface area contributed by atoms with Gasteiger partial charge in [-0.1, -0.05) is 26.0 Å². The van der Waals surface area contributed by atoms with Crippen LogP contribution in [0.1, 0.15) is 32.4 Å². The van der Waals surface area contributed by atoms with Gasteiger partial charge in [-0.2, -0.15) is 0 Å². The molecule has 0 amide bonds. The lowest BCUT2D eigenvalue weighted by molar-refractivity contribution is 0.154. The summed E-state index contributed by atoms with van der Waals surface area (Å²) in [5.41, 5.74) is 2.25. The number of hydrogen-bond donors (Lipinski definition) is 2. The van der Waals surface area contributed by atoms with Crippen LogP contribution in [0.25, 0.3) is 5.69 Å². The van der Waals surface area contributed by atoms with Crippen LogP contribution in [0.3, 0.4) is 0 Å². The Kier molecular flexibility index (Phi) is 4.57. The number of benzene rings is 1. The van der Waals surface area contributed by atoms with Crippen molar-refractivity contribution < 1.29 is 5.11 Å². The van der Waals surface area contributed by atoms with Gasteiger partial charge in [0, 0.05) is 42.7 Å². The Morgan fingerprint density at radius 1 is 1.30 bits per heavy atom. The second-order valence-corrected chi connectivity index (χ2v) is 5.99. The standard InChI is InChI=1S/C16H23N3O/c1-13(18-10-16(2,3)11-20)14-4-6-15(7-5-14)19-9-8-17-12-19/h4-9,12-13,18,20H,10-11H2,1-3H3. The number of nitrogens with zero attached hydrogens (tertiary/aromatic N) is 2. The summed E-state index contributed by atoms with van der Waals surface area (Å²) in [4.78, 5) is 4.05. The maximum atomic E-state index is 9.27. The summed E-state index contributed by atoms with van der Waals surface area (Å²) >= 11 is 0. The first kappa shape index (κ1) is 14.8. The molecule has 2 aromatic rings. The fourth-order valence-electron chi connectivity index (χ4n) is 1.95. The number of aromatic nitrogens is 2. The highest BCUT2D eigenvalue weighted by atomic mass is 16.3. The SMILES string of the molecule is CC(NCC(C)(C)CO)c1ccc(-n2ccnc2)cc1. The Morgan fingerprint density at radius 3 is 2.55 bits per heavy atom. The monoisotopic (exact) mass is 273 g/mol. The maximum absolute atomic E-state index is 9.27. The van der Waals surface area contributed by atoms with E-state index < -0.39 is 0 Å². The summed E-state index contributed by atoms with van der Waals surface area (Å²) in [5.74, 6) is 0. The highest BCUT2D eigenvalue weighted by Crippen LogP contribution is 2.18.